The molecule has 1 saturated carbocycles. The average Bonchev–Trinajstić information content (AvgIpc) is 3.14. The summed E-state index contributed by atoms with van der Waals surface area (Å²) in [4.78, 5) is 30.6. The van der Waals surface area contributed by atoms with Gasteiger partial charge in [-0.3, -0.25) is 9.59 Å². The van der Waals surface area contributed by atoms with Gasteiger partial charge in [-0.2, -0.15) is 0 Å². The van der Waals surface area contributed by atoms with Crippen molar-refractivity contribution in [2.45, 2.75) is 57.0 Å². The maximum Gasteiger partial charge on any atom is 0.250 e. The number of carbonyl (C=O) groups is 2. The van der Waals surface area contributed by atoms with E-state index in [0.29, 0.717) is 30.0 Å². The standard InChI is InChI=1S/C27H33FN2O4/c1-33-23-14-9-19(17-24(23)34-2)15-16-29-25(31)18-30(22-7-5-3-4-6-8-22)27(32)26(29)20-10-12-21(28)13-11-20/h9-14,17,22,26H,3-8,15-16,18H2,1-2H3. The lowest BCUT2D eigenvalue weighted by molar-refractivity contribution is -0.158. The summed E-state index contributed by atoms with van der Waals surface area (Å²) in [5.41, 5.74) is 1.62. The summed E-state index contributed by atoms with van der Waals surface area (Å²) in [6, 6.07) is 10.9. The number of benzene rings is 2. The number of hydrogen-bond acceptors (Lipinski definition) is 4. The molecule has 2 fully saturated rings. The molecule has 1 unspecified atom stereocenters. The topological polar surface area (TPSA) is 59.1 Å². The van der Waals surface area contributed by atoms with Crippen LogP contribution >= 0.6 is 0 Å². The highest BCUT2D eigenvalue weighted by Crippen LogP contribution is 2.33. The molecule has 1 aliphatic heterocycles. The van der Waals surface area contributed by atoms with Crippen LogP contribution in [-0.2, 0) is 16.0 Å². The summed E-state index contributed by atoms with van der Waals surface area (Å²) in [6.07, 6.45) is 6.92. The second-order valence-electron chi connectivity index (χ2n) is 9.09. The van der Waals surface area contributed by atoms with Gasteiger partial charge >= 0.3 is 0 Å². The first-order chi connectivity index (χ1) is 16.5. The fraction of sp³-hybridized carbons (Fsp3) is 0.481. The Hall–Kier alpha value is -3.09. The summed E-state index contributed by atoms with van der Waals surface area (Å²) in [6.45, 7) is 0.480. The molecule has 2 aromatic rings. The number of halogens is 1. The molecule has 0 radical (unpaired) electrons. The Kier molecular flexibility index (Phi) is 7.70. The summed E-state index contributed by atoms with van der Waals surface area (Å²) < 4.78 is 24.3. The third-order valence-electron chi connectivity index (χ3n) is 7.00. The van der Waals surface area contributed by atoms with Crippen molar-refractivity contribution in [1.82, 2.24) is 9.80 Å². The van der Waals surface area contributed by atoms with Gasteiger partial charge in [0.25, 0.3) is 5.91 Å². The highest BCUT2D eigenvalue weighted by Gasteiger charge is 2.42. The zero-order valence-electron chi connectivity index (χ0n) is 20.0. The van der Waals surface area contributed by atoms with Crippen molar-refractivity contribution in [3.05, 3.63) is 59.4 Å². The van der Waals surface area contributed by atoms with E-state index in [1.165, 1.54) is 25.0 Å². The van der Waals surface area contributed by atoms with Gasteiger partial charge in [0.15, 0.2) is 11.5 Å². The maximum atomic E-state index is 13.8. The summed E-state index contributed by atoms with van der Waals surface area (Å²) >= 11 is 0. The van der Waals surface area contributed by atoms with E-state index in [4.69, 9.17) is 9.47 Å². The fourth-order valence-corrected chi connectivity index (χ4v) is 5.13. The molecule has 0 spiro atoms. The van der Waals surface area contributed by atoms with Crippen LogP contribution in [0.15, 0.2) is 42.5 Å². The molecule has 182 valence electrons. The number of nitrogens with zero attached hydrogens (tertiary/aromatic N) is 2. The smallest absolute Gasteiger partial charge is 0.250 e. The monoisotopic (exact) mass is 468 g/mol. The molecule has 1 heterocycles. The van der Waals surface area contributed by atoms with E-state index >= 15 is 0 Å². The molecular formula is C27H33FN2O4. The van der Waals surface area contributed by atoms with Crippen molar-refractivity contribution in [2.75, 3.05) is 27.3 Å². The van der Waals surface area contributed by atoms with Gasteiger partial charge < -0.3 is 19.3 Å². The van der Waals surface area contributed by atoms with Crippen LogP contribution in [0.5, 0.6) is 11.5 Å². The molecule has 1 atom stereocenters. The van der Waals surface area contributed by atoms with E-state index in [0.717, 1.165) is 31.2 Å². The van der Waals surface area contributed by atoms with Gasteiger partial charge in [0.05, 0.1) is 14.2 Å². The van der Waals surface area contributed by atoms with E-state index in [9.17, 15) is 14.0 Å². The predicted molar refractivity (Wildman–Crippen MR) is 127 cm³/mol. The number of ether oxygens (including phenoxy) is 2. The van der Waals surface area contributed by atoms with Gasteiger partial charge in [-0.25, -0.2) is 4.39 Å². The Balaban J connectivity index is 1.59. The van der Waals surface area contributed by atoms with Gasteiger partial charge in [-0.1, -0.05) is 43.9 Å². The second-order valence-corrected chi connectivity index (χ2v) is 9.09. The van der Waals surface area contributed by atoms with Gasteiger partial charge in [-0.05, 0) is 54.7 Å². The molecule has 2 aliphatic rings. The Morgan fingerprint density at radius 2 is 1.59 bits per heavy atom. The van der Waals surface area contributed by atoms with Crippen molar-refractivity contribution in [1.29, 1.82) is 0 Å². The molecule has 2 amide bonds. The summed E-state index contributed by atoms with van der Waals surface area (Å²) in [7, 11) is 3.17. The molecule has 1 saturated heterocycles. The van der Waals surface area contributed by atoms with E-state index < -0.39 is 6.04 Å². The SMILES string of the molecule is COc1ccc(CCN2C(=O)CN(C3CCCCCC3)C(=O)C2c2ccc(F)cc2)cc1OC. The molecule has 4 rings (SSSR count). The van der Waals surface area contributed by atoms with Crippen LogP contribution < -0.4 is 9.47 Å². The van der Waals surface area contributed by atoms with E-state index in [1.54, 1.807) is 36.2 Å². The number of carbonyl (C=O) groups excluding carboxylic acids is 2. The number of rotatable bonds is 7. The van der Waals surface area contributed by atoms with Crippen molar-refractivity contribution >= 4 is 11.8 Å². The van der Waals surface area contributed by atoms with Crippen molar-refractivity contribution in [3.8, 4) is 11.5 Å². The second kappa shape index (κ2) is 10.9. The predicted octanol–water partition coefficient (Wildman–Crippen LogP) is 4.52. The largest absolute Gasteiger partial charge is 0.493 e. The highest BCUT2D eigenvalue weighted by atomic mass is 19.1. The maximum absolute atomic E-state index is 13.8. The first kappa shape index (κ1) is 24.0. The molecule has 1 aliphatic carbocycles. The van der Waals surface area contributed by atoms with E-state index in [-0.39, 0.29) is 30.2 Å². The van der Waals surface area contributed by atoms with Gasteiger partial charge in [-0.15, -0.1) is 0 Å². The lowest BCUT2D eigenvalue weighted by atomic mass is 9.97. The van der Waals surface area contributed by atoms with Crippen molar-refractivity contribution in [2.24, 2.45) is 0 Å². The summed E-state index contributed by atoms with van der Waals surface area (Å²) in [5, 5.41) is 0. The number of methoxy groups -OCH3 is 2. The Morgan fingerprint density at radius 3 is 2.24 bits per heavy atom. The molecule has 34 heavy (non-hydrogen) atoms. The van der Waals surface area contributed by atoms with Crippen LogP contribution in [0.25, 0.3) is 0 Å². The Labute approximate surface area is 200 Å². The number of amides is 2. The van der Waals surface area contributed by atoms with E-state index in [2.05, 4.69) is 0 Å². The zero-order chi connectivity index (χ0) is 24.1. The Bertz CT molecular complexity index is 1000. The van der Waals surface area contributed by atoms with Crippen LogP contribution in [0.3, 0.4) is 0 Å². The Morgan fingerprint density at radius 1 is 0.912 bits per heavy atom. The quantitative estimate of drug-likeness (QED) is 0.561. The first-order valence-electron chi connectivity index (χ1n) is 12.1. The van der Waals surface area contributed by atoms with Crippen molar-refractivity contribution < 1.29 is 23.5 Å². The van der Waals surface area contributed by atoms with E-state index in [1.807, 2.05) is 18.2 Å². The highest BCUT2D eigenvalue weighted by molar-refractivity contribution is 5.95. The minimum absolute atomic E-state index is 0.0644. The van der Waals surface area contributed by atoms with Crippen LogP contribution in [0, 0.1) is 5.82 Å². The molecular weight excluding hydrogens is 435 g/mol. The van der Waals surface area contributed by atoms with Crippen LogP contribution in [0.1, 0.15) is 55.7 Å². The third kappa shape index (κ3) is 5.18. The first-order valence-corrected chi connectivity index (χ1v) is 12.1. The molecule has 2 aromatic carbocycles. The van der Waals surface area contributed by atoms with Crippen LogP contribution in [0.4, 0.5) is 4.39 Å². The molecule has 0 bridgehead atoms. The molecule has 7 heteroatoms. The van der Waals surface area contributed by atoms with Crippen molar-refractivity contribution in [3.63, 3.8) is 0 Å². The van der Waals surface area contributed by atoms with Gasteiger partial charge in [0.2, 0.25) is 5.91 Å². The number of hydrogen-bond donors (Lipinski definition) is 0. The third-order valence-corrected chi connectivity index (χ3v) is 7.00. The average molecular weight is 469 g/mol. The minimum atomic E-state index is -0.745. The lowest BCUT2D eigenvalue weighted by Crippen LogP contribution is -2.58. The van der Waals surface area contributed by atoms with Gasteiger partial charge in [0, 0.05) is 12.6 Å². The number of piperazine rings is 1. The fourth-order valence-electron chi connectivity index (χ4n) is 5.13. The normalized spacial score (nSPS) is 19.8. The zero-order valence-corrected chi connectivity index (χ0v) is 20.0. The van der Waals surface area contributed by atoms with Crippen LogP contribution in [-0.4, -0.2) is 55.0 Å². The lowest BCUT2D eigenvalue weighted by Gasteiger charge is -2.43. The van der Waals surface area contributed by atoms with Crippen LogP contribution in [0.2, 0.25) is 0 Å². The molecule has 0 aromatic heterocycles. The minimum Gasteiger partial charge on any atom is -0.493 e. The summed E-state index contributed by atoms with van der Waals surface area (Å²) in [5.74, 6) is 0.759. The van der Waals surface area contributed by atoms with Gasteiger partial charge in [0.1, 0.15) is 18.4 Å². The molecule has 6 nitrogen and oxygen atoms in total. The molecule has 0 N–H and O–H groups in total.